The Balaban J connectivity index is 1.76. The topological polar surface area (TPSA) is 71.8 Å². The summed E-state index contributed by atoms with van der Waals surface area (Å²) in [6, 6.07) is 2.26. The molecule has 3 rings (SSSR count). The van der Waals surface area contributed by atoms with Gasteiger partial charge < -0.3 is 10.2 Å². The first-order valence-electron chi connectivity index (χ1n) is 7.21. The minimum absolute atomic E-state index is 0.287. The molecule has 0 fully saturated rings. The van der Waals surface area contributed by atoms with Gasteiger partial charge in [-0.25, -0.2) is 14.6 Å². The van der Waals surface area contributed by atoms with Crippen molar-refractivity contribution in [2.75, 3.05) is 24.3 Å². The van der Waals surface area contributed by atoms with Crippen LogP contribution in [-0.4, -0.2) is 44.9 Å². The zero-order valence-electron chi connectivity index (χ0n) is 13.0. The highest BCUT2D eigenvalue weighted by Gasteiger charge is 2.21. The van der Waals surface area contributed by atoms with Crippen LogP contribution in [0.5, 0.6) is 0 Å². The average molecular weight is 287 g/mol. The number of aryl methyl sites for hydroxylation is 3. The van der Waals surface area contributed by atoms with E-state index in [1.807, 2.05) is 43.6 Å². The van der Waals surface area contributed by atoms with Crippen LogP contribution in [0.15, 0.2) is 6.07 Å². The monoisotopic (exact) mass is 287 g/mol. The maximum Gasteiger partial charge on any atom is 0.225 e. The lowest BCUT2D eigenvalue weighted by atomic mass is 10.1. The van der Waals surface area contributed by atoms with Gasteiger partial charge in [0, 0.05) is 38.3 Å². The Hall–Kier alpha value is -2.18. The molecule has 1 aliphatic rings. The van der Waals surface area contributed by atoms with Crippen molar-refractivity contribution in [2.24, 2.45) is 0 Å². The minimum Gasteiger partial charge on any atom is -0.363 e. The number of hydrogen-bond donors (Lipinski definition) is 1. The highest BCUT2D eigenvalue weighted by Crippen LogP contribution is 2.18. The molecule has 2 aromatic heterocycles. The SMILES string of the molecule is Cc1cc(N(C)C)nc(N[C@@H]2CCc3nc(C)nn3C2)n1. The number of hydrogen-bond acceptors (Lipinski definition) is 6. The zero-order chi connectivity index (χ0) is 15.0. The van der Waals surface area contributed by atoms with E-state index in [4.69, 9.17) is 0 Å². The summed E-state index contributed by atoms with van der Waals surface area (Å²) in [6.45, 7) is 4.73. The van der Waals surface area contributed by atoms with Crippen molar-refractivity contribution >= 4 is 11.8 Å². The van der Waals surface area contributed by atoms with Crippen LogP contribution in [0.2, 0.25) is 0 Å². The Morgan fingerprint density at radius 2 is 2.05 bits per heavy atom. The van der Waals surface area contributed by atoms with Crippen LogP contribution >= 0.6 is 0 Å². The van der Waals surface area contributed by atoms with E-state index >= 15 is 0 Å². The van der Waals surface area contributed by atoms with Crippen LogP contribution in [0.4, 0.5) is 11.8 Å². The van der Waals surface area contributed by atoms with Crippen LogP contribution in [0, 0.1) is 13.8 Å². The first-order chi connectivity index (χ1) is 10.0. The summed E-state index contributed by atoms with van der Waals surface area (Å²) in [5.41, 5.74) is 0.962. The molecule has 0 aliphatic carbocycles. The molecule has 112 valence electrons. The van der Waals surface area contributed by atoms with Crippen LogP contribution in [0.3, 0.4) is 0 Å². The van der Waals surface area contributed by atoms with E-state index in [2.05, 4.69) is 25.4 Å². The van der Waals surface area contributed by atoms with Crippen molar-refractivity contribution < 1.29 is 0 Å². The molecule has 21 heavy (non-hydrogen) atoms. The normalized spacial score (nSPS) is 17.4. The molecule has 0 radical (unpaired) electrons. The largest absolute Gasteiger partial charge is 0.363 e. The lowest BCUT2D eigenvalue weighted by Crippen LogP contribution is -2.32. The number of nitrogens with one attached hydrogen (secondary N) is 1. The third-order valence-corrected chi connectivity index (χ3v) is 3.60. The molecule has 7 nitrogen and oxygen atoms in total. The van der Waals surface area contributed by atoms with Crippen LogP contribution < -0.4 is 10.2 Å². The Labute approximate surface area is 124 Å². The molecular weight excluding hydrogens is 266 g/mol. The van der Waals surface area contributed by atoms with E-state index < -0.39 is 0 Å². The smallest absolute Gasteiger partial charge is 0.225 e. The molecule has 7 heteroatoms. The Morgan fingerprint density at radius 1 is 1.24 bits per heavy atom. The van der Waals surface area contributed by atoms with Gasteiger partial charge in [-0.1, -0.05) is 0 Å². The van der Waals surface area contributed by atoms with E-state index in [9.17, 15) is 0 Å². The highest BCUT2D eigenvalue weighted by molar-refractivity contribution is 5.43. The molecular formula is C14H21N7. The van der Waals surface area contributed by atoms with Crippen molar-refractivity contribution in [1.29, 1.82) is 0 Å². The fraction of sp³-hybridized carbons (Fsp3) is 0.571. The van der Waals surface area contributed by atoms with Crippen molar-refractivity contribution in [3.8, 4) is 0 Å². The first-order valence-corrected chi connectivity index (χ1v) is 7.21. The van der Waals surface area contributed by atoms with E-state index in [-0.39, 0.29) is 6.04 Å². The molecule has 0 aromatic carbocycles. The van der Waals surface area contributed by atoms with Gasteiger partial charge in [-0.15, -0.1) is 0 Å². The van der Waals surface area contributed by atoms with E-state index in [1.54, 1.807) is 0 Å². The van der Waals surface area contributed by atoms with E-state index in [0.29, 0.717) is 5.95 Å². The molecule has 0 bridgehead atoms. The molecule has 3 heterocycles. The van der Waals surface area contributed by atoms with E-state index in [1.165, 1.54) is 0 Å². The summed E-state index contributed by atoms with van der Waals surface area (Å²) >= 11 is 0. The molecule has 2 aromatic rings. The van der Waals surface area contributed by atoms with Crippen molar-refractivity contribution in [3.63, 3.8) is 0 Å². The second-order valence-electron chi connectivity index (χ2n) is 5.72. The van der Waals surface area contributed by atoms with Gasteiger partial charge in [-0.3, -0.25) is 0 Å². The third kappa shape index (κ3) is 2.96. The van der Waals surface area contributed by atoms with Crippen LogP contribution in [0.25, 0.3) is 0 Å². The van der Waals surface area contributed by atoms with Gasteiger partial charge in [0.2, 0.25) is 5.95 Å². The zero-order valence-corrected chi connectivity index (χ0v) is 13.0. The molecule has 0 unspecified atom stereocenters. The van der Waals surface area contributed by atoms with E-state index in [0.717, 1.165) is 42.5 Å². The molecule has 1 atom stereocenters. The maximum absolute atomic E-state index is 4.55. The average Bonchev–Trinajstić information content (AvgIpc) is 2.77. The number of anilines is 2. The molecule has 0 amide bonds. The van der Waals surface area contributed by atoms with Crippen LogP contribution in [-0.2, 0) is 13.0 Å². The molecule has 0 saturated heterocycles. The highest BCUT2D eigenvalue weighted by atomic mass is 15.4. The lowest BCUT2D eigenvalue weighted by molar-refractivity contribution is 0.439. The minimum atomic E-state index is 0.287. The predicted molar refractivity (Wildman–Crippen MR) is 81.6 cm³/mol. The summed E-state index contributed by atoms with van der Waals surface area (Å²) in [6.07, 6.45) is 1.96. The predicted octanol–water partition coefficient (Wildman–Crippen LogP) is 1.18. The number of rotatable bonds is 3. The number of aromatic nitrogens is 5. The summed E-state index contributed by atoms with van der Waals surface area (Å²) in [7, 11) is 3.97. The summed E-state index contributed by atoms with van der Waals surface area (Å²) in [5, 5.41) is 7.85. The van der Waals surface area contributed by atoms with Crippen molar-refractivity contribution in [2.45, 2.75) is 39.3 Å². The number of fused-ring (bicyclic) bond motifs is 1. The summed E-state index contributed by atoms with van der Waals surface area (Å²) in [5.74, 6) is 3.51. The summed E-state index contributed by atoms with van der Waals surface area (Å²) in [4.78, 5) is 15.4. The van der Waals surface area contributed by atoms with Crippen molar-refractivity contribution in [1.82, 2.24) is 24.7 Å². The first kappa shape index (κ1) is 13.8. The van der Waals surface area contributed by atoms with Gasteiger partial charge in [-0.2, -0.15) is 10.1 Å². The van der Waals surface area contributed by atoms with Crippen LogP contribution in [0.1, 0.15) is 23.8 Å². The second kappa shape index (κ2) is 5.31. The summed E-state index contributed by atoms with van der Waals surface area (Å²) < 4.78 is 1.99. The van der Waals surface area contributed by atoms with Gasteiger partial charge in [0.05, 0.1) is 6.54 Å². The quantitative estimate of drug-likeness (QED) is 0.914. The van der Waals surface area contributed by atoms with Gasteiger partial charge >= 0.3 is 0 Å². The fourth-order valence-corrected chi connectivity index (χ4v) is 2.58. The third-order valence-electron chi connectivity index (χ3n) is 3.60. The molecule has 1 N–H and O–H groups in total. The number of nitrogens with zero attached hydrogens (tertiary/aromatic N) is 6. The molecule has 0 spiro atoms. The van der Waals surface area contributed by atoms with Gasteiger partial charge in [-0.05, 0) is 20.3 Å². The Morgan fingerprint density at radius 3 is 2.81 bits per heavy atom. The van der Waals surface area contributed by atoms with Gasteiger partial charge in [0.15, 0.2) is 0 Å². The van der Waals surface area contributed by atoms with Gasteiger partial charge in [0.25, 0.3) is 0 Å². The van der Waals surface area contributed by atoms with Crippen molar-refractivity contribution in [3.05, 3.63) is 23.4 Å². The van der Waals surface area contributed by atoms with Gasteiger partial charge in [0.1, 0.15) is 17.5 Å². The molecule has 1 aliphatic heterocycles. The lowest BCUT2D eigenvalue weighted by Gasteiger charge is -2.24. The Kier molecular flexibility index (Phi) is 3.48. The standard InChI is InChI=1S/C14H21N7/c1-9-7-13(20(3)4)18-14(15-9)17-11-5-6-12-16-10(2)19-21(12)8-11/h7,11H,5-6,8H2,1-4H3,(H,15,17,18)/t11-/m1/s1. The second-order valence-corrected chi connectivity index (χ2v) is 5.72. The molecule has 0 saturated carbocycles. The Bertz CT molecular complexity index is 647. The maximum atomic E-state index is 4.55. The fourth-order valence-electron chi connectivity index (χ4n) is 2.58.